The van der Waals surface area contributed by atoms with Crippen molar-refractivity contribution in [1.82, 2.24) is 10.6 Å². The van der Waals surface area contributed by atoms with Gasteiger partial charge in [0.1, 0.15) is 5.60 Å². The number of rotatable bonds is 3. The molecule has 5 heteroatoms. The Morgan fingerprint density at radius 1 is 1.67 bits per heavy atom. The molecule has 0 aliphatic heterocycles. The Morgan fingerprint density at radius 2 is 2.40 bits per heavy atom. The molecule has 0 saturated heterocycles. The van der Waals surface area contributed by atoms with E-state index in [1.54, 1.807) is 32.4 Å². The molecule has 1 unspecified atom stereocenters. The minimum Gasteiger partial charge on any atom is -0.384 e. The zero-order valence-electron chi connectivity index (χ0n) is 9.24. The van der Waals surface area contributed by atoms with Crippen LogP contribution >= 0.6 is 11.3 Å². The first kappa shape index (κ1) is 12.0. The van der Waals surface area contributed by atoms with Gasteiger partial charge in [-0.25, -0.2) is 0 Å². The lowest BCUT2D eigenvalue weighted by atomic mass is 9.99. The fourth-order valence-electron chi connectivity index (χ4n) is 1.21. The van der Waals surface area contributed by atoms with Gasteiger partial charge in [0.25, 0.3) is 0 Å². The van der Waals surface area contributed by atoms with Crippen molar-refractivity contribution < 1.29 is 5.11 Å². The Bertz CT molecular complexity index is 319. The van der Waals surface area contributed by atoms with Crippen LogP contribution in [0.1, 0.15) is 12.5 Å². The Balaban J connectivity index is 2.58. The molecule has 1 rings (SSSR count). The van der Waals surface area contributed by atoms with Crippen molar-refractivity contribution >= 4 is 17.3 Å². The van der Waals surface area contributed by atoms with Crippen LogP contribution in [0.4, 0.5) is 0 Å². The van der Waals surface area contributed by atoms with Crippen LogP contribution in [0.2, 0.25) is 0 Å². The molecule has 84 valence electrons. The summed E-state index contributed by atoms with van der Waals surface area (Å²) in [6.45, 7) is 2.21. The summed E-state index contributed by atoms with van der Waals surface area (Å²) in [4.78, 5) is 3.98. The lowest BCUT2D eigenvalue weighted by Crippen LogP contribution is -2.43. The maximum atomic E-state index is 10.2. The Morgan fingerprint density at radius 3 is 2.87 bits per heavy atom. The van der Waals surface area contributed by atoms with Gasteiger partial charge in [0, 0.05) is 14.1 Å². The second-order valence-corrected chi connectivity index (χ2v) is 4.24. The van der Waals surface area contributed by atoms with E-state index in [4.69, 9.17) is 0 Å². The third kappa shape index (κ3) is 3.21. The van der Waals surface area contributed by atoms with Gasteiger partial charge in [-0.1, -0.05) is 0 Å². The first-order valence-electron chi connectivity index (χ1n) is 4.73. The lowest BCUT2D eigenvalue weighted by Gasteiger charge is -2.23. The molecule has 1 aromatic heterocycles. The first-order chi connectivity index (χ1) is 7.10. The third-order valence-corrected chi connectivity index (χ3v) is 2.89. The molecule has 15 heavy (non-hydrogen) atoms. The molecular formula is C10H17N3OS. The first-order valence-corrected chi connectivity index (χ1v) is 5.68. The van der Waals surface area contributed by atoms with Crippen LogP contribution in [-0.2, 0) is 5.60 Å². The zero-order chi connectivity index (χ0) is 11.3. The van der Waals surface area contributed by atoms with E-state index in [0.717, 1.165) is 5.56 Å². The summed E-state index contributed by atoms with van der Waals surface area (Å²) in [5.74, 6) is 0.672. The van der Waals surface area contributed by atoms with Crippen LogP contribution in [0.15, 0.2) is 21.8 Å². The summed E-state index contributed by atoms with van der Waals surface area (Å²) >= 11 is 1.58. The van der Waals surface area contributed by atoms with Gasteiger partial charge in [-0.3, -0.25) is 4.99 Å². The van der Waals surface area contributed by atoms with Crippen molar-refractivity contribution in [2.24, 2.45) is 4.99 Å². The number of hydrogen-bond donors (Lipinski definition) is 3. The van der Waals surface area contributed by atoms with Crippen LogP contribution in [0.3, 0.4) is 0 Å². The molecule has 0 radical (unpaired) electrons. The summed E-state index contributed by atoms with van der Waals surface area (Å²) in [5.41, 5.74) is 0.0545. The van der Waals surface area contributed by atoms with E-state index in [0.29, 0.717) is 12.5 Å². The van der Waals surface area contributed by atoms with Crippen molar-refractivity contribution in [3.8, 4) is 0 Å². The minimum atomic E-state index is -0.868. The highest BCUT2D eigenvalue weighted by Crippen LogP contribution is 2.21. The van der Waals surface area contributed by atoms with E-state index >= 15 is 0 Å². The molecule has 0 saturated carbocycles. The number of aliphatic hydroxyl groups is 1. The lowest BCUT2D eigenvalue weighted by molar-refractivity contribution is 0.0622. The fraction of sp³-hybridized carbons (Fsp3) is 0.500. The average molecular weight is 227 g/mol. The third-order valence-electron chi connectivity index (χ3n) is 2.20. The fourth-order valence-corrected chi connectivity index (χ4v) is 1.99. The summed E-state index contributed by atoms with van der Waals surface area (Å²) < 4.78 is 0. The zero-order valence-corrected chi connectivity index (χ0v) is 10.1. The SMILES string of the molecule is CN=C(NC)NCC(C)(O)c1ccsc1. The van der Waals surface area contributed by atoms with E-state index in [2.05, 4.69) is 15.6 Å². The summed E-state index contributed by atoms with van der Waals surface area (Å²) in [5, 5.41) is 20.0. The Hall–Kier alpha value is -1.07. The van der Waals surface area contributed by atoms with Crippen LogP contribution in [0.5, 0.6) is 0 Å². The summed E-state index contributed by atoms with van der Waals surface area (Å²) in [6, 6.07) is 1.93. The smallest absolute Gasteiger partial charge is 0.190 e. The number of nitrogens with one attached hydrogen (secondary N) is 2. The van der Waals surface area contributed by atoms with Crippen LogP contribution in [-0.4, -0.2) is 31.7 Å². The monoisotopic (exact) mass is 227 g/mol. The van der Waals surface area contributed by atoms with E-state index < -0.39 is 5.60 Å². The van der Waals surface area contributed by atoms with Gasteiger partial charge in [0.05, 0.1) is 6.54 Å². The Kier molecular flexibility index (Phi) is 4.11. The highest BCUT2D eigenvalue weighted by Gasteiger charge is 2.23. The molecule has 0 amide bonds. The van der Waals surface area contributed by atoms with Crippen molar-refractivity contribution in [3.05, 3.63) is 22.4 Å². The average Bonchev–Trinajstić information content (AvgIpc) is 2.72. The molecule has 0 bridgehead atoms. The molecule has 4 nitrogen and oxygen atoms in total. The minimum absolute atomic E-state index is 0.428. The molecular weight excluding hydrogens is 210 g/mol. The van der Waals surface area contributed by atoms with Gasteiger partial charge >= 0.3 is 0 Å². The molecule has 0 aliphatic rings. The molecule has 0 aliphatic carbocycles. The van der Waals surface area contributed by atoms with Crippen LogP contribution in [0, 0.1) is 0 Å². The quantitative estimate of drug-likeness (QED) is 0.527. The van der Waals surface area contributed by atoms with Gasteiger partial charge < -0.3 is 15.7 Å². The number of thiophene rings is 1. The largest absolute Gasteiger partial charge is 0.384 e. The van der Waals surface area contributed by atoms with Gasteiger partial charge in [0.15, 0.2) is 5.96 Å². The molecule has 1 atom stereocenters. The van der Waals surface area contributed by atoms with Crippen molar-refractivity contribution in [1.29, 1.82) is 0 Å². The van der Waals surface area contributed by atoms with Gasteiger partial charge in [-0.05, 0) is 29.3 Å². The molecule has 3 N–H and O–H groups in total. The maximum absolute atomic E-state index is 10.2. The normalized spacial score (nSPS) is 15.9. The van der Waals surface area contributed by atoms with Crippen molar-refractivity contribution in [2.75, 3.05) is 20.6 Å². The number of aliphatic imine (C=N–C) groups is 1. The molecule has 1 heterocycles. The summed E-state index contributed by atoms with van der Waals surface area (Å²) in [6.07, 6.45) is 0. The second-order valence-electron chi connectivity index (χ2n) is 3.46. The van der Waals surface area contributed by atoms with E-state index in [-0.39, 0.29) is 0 Å². The number of guanidine groups is 1. The second kappa shape index (κ2) is 5.14. The van der Waals surface area contributed by atoms with Crippen LogP contribution in [0.25, 0.3) is 0 Å². The van der Waals surface area contributed by atoms with Crippen molar-refractivity contribution in [3.63, 3.8) is 0 Å². The number of nitrogens with zero attached hydrogens (tertiary/aromatic N) is 1. The molecule has 0 fully saturated rings. The highest BCUT2D eigenvalue weighted by atomic mass is 32.1. The van der Waals surface area contributed by atoms with Gasteiger partial charge in [-0.15, -0.1) is 0 Å². The standard InChI is InChI=1S/C10H17N3OS/c1-10(14,8-4-5-15-6-8)7-13-9(11-2)12-3/h4-6,14H,7H2,1-3H3,(H2,11,12,13). The van der Waals surface area contributed by atoms with E-state index in [1.807, 2.05) is 16.8 Å². The Labute approximate surface area is 94.1 Å². The predicted molar refractivity (Wildman–Crippen MR) is 64.3 cm³/mol. The summed E-state index contributed by atoms with van der Waals surface area (Å²) in [7, 11) is 3.48. The highest BCUT2D eigenvalue weighted by molar-refractivity contribution is 7.08. The molecule has 0 spiro atoms. The van der Waals surface area contributed by atoms with E-state index in [9.17, 15) is 5.11 Å². The van der Waals surface area contributed by atoms with Gasteiger partial charge in [-0.2, -0.15) is 11.3 Å². The van der Waals surface area contributed by atoms with Crippen molar-refractivity contribution in [2.45, 2.75) is 12.5 Å². The molecule has 0 aromatic carbocycles. The van der Waals surface area contributed by atoms with Crippen LogP contribution < -0.4 is 10.6 Å². The topological polar surface area (TPSA) is 56.7 Å². The number of hydrogen-bond acceptors (Lipinski definition) is 3. The predicted octanol–water partition coefficient (Wildman–Crippen LogP) is 0.750. The van der Waals surface area contributed by atoms with E-state index in [1.165, 1.54) is 0 Å². The molecule has 1 aromatic rings. The maximum Gasteiger partial charge on any atom is 0.190 e. The van der Waals surface area contributed by atoms with Gasteiger partial charge in [0.2, 0.25) is 0 Å².